The van der Waals surface area contributed by atoms with Crippen molar-refractivity contribution >= 4 is 12.0 Å². The number of amides is 1. The average molecular weight is 382 g/mol. The first-order chi connectivity index (χ1) is 13.6. The second-order valence-electron chi connectivity index (χ2n) is 6.70. The van der Waals surface area contributed by atoms with Crippen molar-refractivity contribution in [3.8, 4) is 17.2 Å². The summed E-state index contributed by atoms with van der Waals surface area (Å²) in [4.78, 5) is 19.3. The molecule has 0 radical (unpaired) electrons. The number of pyridine rings is 1. The van der Waals surface area contributed by atoms with Crippen molar-refractivity contribution in [2.24, 2.45) is 0 Å². The Hall–Kier alpha value is -3.02. The van der Waals surface area contributed by atoms with E-state index in [1.807, 2.05) is 42.2 Å². The number of benzene rings is 1. The molecule has 1 fully saturated rings. The fraction of sp³-hybridized carbons (Fsp3) is 0.364. The van der Waals surface area contributed by atoms with Crippen LogP contribution in [0.15, 0.2) is 42.6 Å². The molecule has 148 valence electrons. The van der Waals surface area contributed by atoms with E-state index in [0.717, 1.165) is 24.1 Å². The summed E-state index contributed by atoms with van der Waals surface area (Å²) in [7, 11) is 4.70. The van der Waals surface area contributed by atoms with Crippen LogP contribution in [0.1, 0.15) is 37.1 Å². The zero-order valence-corrected chi connectivity index (χ0v) is 16.7. The zero-order chi connectivity index (χ0) is 20.1. The van der Waals surface area contributed by atoms with Gasteiger partial charge >= 0.3 is 0 Å². The summed E-state index contributed by atoms with van der Waals surface area (Å²) < 4.78 is 16.1. The standard InChI is InChI=1S/C22H26N2O4/c1-15(18-7-5-6-12-23-18)24(17-9-10-17)21(25)11-8-16-13-19(26-2)22(28-4)20(14-16)27-3/h5-8,11-15,17H,9-10H2,1-4H3/b11-8+. The number of hydrogen-bond acceptors (Lipinski definition) is 5. The van der Waals surface area contributed by atoms with Crippen LogP contribution in [0.3, 0.4) is 0 Å². The molecule has 1 saturated carbocycles. The predicted molar refractivity (Wildman–Crippen MR) is 108 cm³/mol. The van der Waals surface area contributed by atoms with E-state index in [0.29, 0.717) is 17.2 Å². The molecule has 1 atom stereocenters. The van der Waals surface area contributed by atoms with Crippen LogP contribution in [0, 0.1) is 0 Å². The van der Waals surface area contributed by atoms with Crippen molar-refractivity contribution in [2.45, 2.75) is 31.8 Å². The highest BCUT2D eigenvalue weighted by molar-refractivity contribution is 5.92. The largest absolute Gasteiger partial charge is 0.493 e. The summed E-state index contributed by atoms with van der Waals surface area (Å²) in [5.74, 6) is 1.59. The molecule has 28 heavy (non-hydrogen) atoms. The molecule has 1 heterocycles. The molecule has 2 aromatic rings. The summed E-state index contributed by atoms with van der Waals surface area (Å²) in [5, 5.41) is 0. The van der Waals surface area contributed by atoms with E-state index in [4.69, 9.17) is 14.2 Å². The van der Waals surface area contributed by atoms with Gasteiger partial charge in [0.1, 0.15) is 0 Å². The van der Waals surface area contributed by atoms with Crippen LogP contribution >= 0.6 is 0 Å². The van der Waals surface area contributed by atoms with Crippen molar-refractivity contribution in [1.29, 1.82) is 0 Å². The van der Waals surface area contributed by atoms with Gasteiger partial charge in [-0.2, -0.15) is 0 Å². The minimum Gasteiger partial charge on any atom is -0.493 e. The Kier molecular flexibility index (Phi) is 6.19. The van der Waals surface area contributed by atoms with Crippen molar-refractivity contribution in [1.82, 2.24) is 9.88 Å². The Morgan fingerprint density at radius 1 is 1.14 bits per heavy atom. The molecule has 1 unspecified atom stereocenters. The second-order valence-corrected chi connectivity index (χ2v) is 6.70. The summed E-state index contributed by atoms with van der Waals surface area (Å²) in [6.07, 6.45) is 7.18. The quantitative estimate of drug-likeness (QED) is 0.649. The van der Waals surface area contributed by atoms with Gasteiger partial charge in [0.05, 0.1) is 33.1 Å². The molecule has 0 spiro atoms. The lowest BCUT2D eigenvalue weighted by Crippen LogP contribution is -2.34. The van der Waals surface area contributed by atoms with Gasteiger partial charge in [-0.3, -0.25) is 9.78 Å². The summed E-state index contributed by atoms with van der Waals surface area (Å²) in [6.45, 7) is 2.02. The number of methoxy groups -OCH3 is 3. The van der Waals surface area contributed by atoms with Crippen molar-refractivity contribution in [3.63, 3.8) is 0 Å². The Balaban J connectivity index is 1.83. The van der Waals surface area contributed by atoms with Gasteiger partial charge in [0.2, 0.25) is 11.7 Å². The van der Waals surface area contributed by atoms with Crippen LogP contribution in [-0.4, -0.2) is 43.2 Å². The molecular formula is C22H26N2O4. The molecule has 0 aliphatic heterocycles. The third kappa shape index (κ3) is 4.27. The number of nitrogens with zero attached hydrogens (tertiary/aromatic N) is 2. The van der Waals surface area contributed by atoms with Crippen molar-refractivity contribution in [2.75, 3.05) is 21.3 Å². The van der Waals surface area contributed by atoms with E-state index in [-0.39, 0.29) is 18.0 Å². The molecule has 1 aromatic heterocycles. The van der Waals surface area contributed by atoms with Crippen LogP contribution in [0.5, 0.6) is 17.2 Å². The maximum Gasteiger partial charge on any atom is 0.247 e. The normalized spacial score (nSPS) is 14.6. The van der Waals surface area contributed by atoms with E-state index in [1.165, 1.54) is 0 Å². The van der Waals surface area contributed by atoms with Crippen molar-refractivity contribution in [3.05, 3.63) is 53.9 Å². The number of ether oxygens (including phenoxy) is 3. The second kappa shape index (κ2) is 8.78. The van der Waals surface area contributed by atoms with Gasteiger partial charge in [-0.1, -0.05) is 6.07 Å². The summed E-state index contributed by atoms with van der Waals surface area (Å²) in [6, 6.07) is 9.60. The molecule has 6 heteroatoms. The van der Waals surface area contributed by atoms with Crippen LogP contribution in [0.2, 0.25) is 0 Å². The fourth-order valence-corrected chi connectivity index (χ4v) is 3.26. The Bertz CT molecular complexity index is 822. The number of carbonyl (C=O) groups excluding carboxylic acids is 1. The lowest BCUT2D eigenvalue weighted by Gasteiger charge is -2.28. The summed E-state index contributed by atoms with van der Waals surface area (Å²) >= 11 is 0. The van der Waals surface area contributed by atoms with Gasteiger partial charge in [-0.05, 0) is 55.7 Å². The Morgan fingerprint density at radius 2 is 1.82 bits per heavy atom. The highest BCUT2D eigenvalue weighted by Gasteiger charge is 2.35. The minimum absolute atomic E-state index is 0.0330. The molecule has 0 bridgehead atoms. The third-order valence-corrected chi connectivity index (χ3v) is 4.83. The fourth-order valence-electron chi connectivity index (χ4n) is 3.26. The molecular weight excluding hydrogens is 356 g/mol. The van der Waals surface area contributed by atoms with Crippen LogP contribution in [0.4, 0.5) is 0 Å². The molecule has 1 aromatic carbocycles. The highest BCUT2D eigenvalue weighted by Crippen LogP contribution is 2.39. The molecule has 1 aliphatic carbocycles. The smallest absolute Gasteiger partial charge is 0.247 e. The SMILES string of the molecule is COc1cc(/C=C/C(=O)N(C2CC2)C(C)c2ccccn2)cc(OC)c1OC. The number of carbonyl (C=O) groups is 1. The van der Waals surface area contributed by atoms with E-state index < -0.39 is 0 Å². The summed E-state index contributed by atoms with van der Waals surface area (Å²) in [5.41, 5.74) is 1.69. The molecule has 0 N–H and O–H groups in total. The molecule has 1 aliphatic rings. The van der Waals surface area contributed by atoms with Gasteiger partial charge in [-0.25, -0.2) is 0 Å². The first-order valence-corrected chi connectivity index (χ1v) is 9.30. The van der Waals surface area contributed by atoms with Crippen LogP contribution in [0.25, 0.3) is 6.08 Å². The topological polar surface area (TPSA) is 60.9 Å². The van der Waals surface area contributed by atoms with Gasteiger partial charge in [0.25, 0.3) is 0 Å². The highest BCUT2D eigenvalue weighted by atomic mass is 16.5. The van der Waals surface area contributed by atoms with E-state index in [1.54, 1.807) is 39.7 Å². The van der Waals surface area contributed by atoms with Gasteiger partial charge in [0.15, 0.2) is 11.5 Å². The predicted octanol–water partition coefficient (Wildman–Crippen LogP) is 3.87. The number of aromatic nitrogens is 1. The molecule has 3 rings (SSSR count). The first-order valence-electron chi connectivity index (χ1n) is 9.30. The minimum atomic E-state index is -0.0780. The lowest BCUT2D eigenvalue weighted by molar-refractivity contribution is -0.128. The van der Waals surface area contributed by atoms with Gasteiger partial charge < -0.3 is 19.1 Å². The first kappa shape index (κ1) is 19.7. The van der Waals surface area contributed by atoms with Gasteiger partial charge in [-0.15, -0.1) is 0 Å². The maximum absolute atomic E-state index is 13.0. The Labute approximate surface area is 165 Å². The molecule has 6 nitrogen and oxygen atoms in total. The third-order valence-electron chi connectivity index (χ3n) is 4.83. The lowest BCUT2D eigenvalue weighted by atomic mass is 10.1. The van der Waals surface area contributed by atoms with Crippen LogP contribution in [-0.2, 0) is 4.79 Å². The van der Waals surface area contributed by atoms with E-state index >= 15 is 0 Å². The number of rotatable bonds is 8. The maximum atomic E-state index is 13.0. The average Bonchev–Trinajstić information content (AvgIpc) is 3.57. The monoisotopic (exact) mass is 382 g/mol. The van der Waals surface area contributed by atoms with Crippen molar-refractivity contribution < 1.29 is 19.0 Å². The number of hydrogen-bond donors (Lipinski definition) is 0. The van der Waals surface area contributed by atoms with Crippen LogP contribution < -0.4 is 14.2 Å². The van der Waals surface area contributed by atoms with E-state index in [9.17, 15) is 4.79 Å². The van der Waals surface area contributed by atoms with Gasteiger partial charge in [0, 0.05) is 18.3 Å². The zero-order valence-electron chi connectivity index (χ0n) is 16.7. The molecule has 0 saturated heterocycles. The molecule has 1 amide bonds. The van der Waals surface area contributed by atoms with E-state index in [2.05, 4.69) is 4.98 Å². The Morgan fingerprint density at radius 3 is 2.32 bits per heavy atom.